The second kappa shape index (κ2) is 7.04. The monoisotopic (exact) mass is 286 g/mol. The normalized spacial score (nSPS) is 10.6. The summed E-state index contributed by atoms with van der Waals surface area (Å²) in [6, 6.07) is 7.64. The van der Waals surface area contributed by atoms with Gasteiger partial charge in [0.25, 0.3) is 5.91 Å². The predicted octanol–water partition coefficient (Wildman–Crippen LogP) is 1.63. The Bertz CT molecular complexity index is 601. The van der Waals surface area contributed by atoms with E-state index in [2.05, 4.69) is 28.9 Å². The third kappa shape index (κ3) is 3.92. The Morgan fingerprint density at radius 1 is 1.24 bits per heavy atom. The van der Waals surface area contributed by atoms with Gasteiger partial charge in [0, 0.05) is 44.5 Å². The minimum atomic E-state index is -0.0579. The molecule has 5 heteroatoms. The van der Waals surface area contributed by atoms with E-state index < -0.39 is 0 Å². The van der Waals surface area contributed by atoms with Crippen molar-refractivity contribution in [1.29, 1.82) is 0 Å². The molecule has 2 aromatic rings. The van der Waals surface area contributed by atoms with Crippen molar-refractivity contribution in [3.63, 3.8) is 0 Å². The minimum Gasteiger partial charge on any atom is -0.355 e. The summed E-state index contributed by atoms with van der Waals surface area (Å²) in [5.41, 5.74) is 4.22. The molecule has 5 nitrogen and oxygen atoms in total. The number of hydrogen-bond donors (Lipinski definition) is 2. The van der Waals surface area contributed by atoms with Crippen LogP contribution in [0.3, 0.4) is 0 Å². The minimum absolute atomic E-state index is 0.0579. The van der Waals surface area contributed by atoms with Crippen molar-refractivity contribution in [2.45, 2.75) is 26.4 Å². The topological polar surface area (TPSA) is 59.0 Å². The number of amides is 1. The molecular weight excluding hydrogens is 264 g/mol. The Labute approximate surface area is 125 Å². The van der Waals surface area contributed by atoms with E-state index in [4.69, 9.17) is 0 Å². The van der Waals surface area contributed by atoms with Crippen LogP contribution in [0.4, 0.5) is 0 Å². The summed E-state index contributed by atoms with van der Waals surface area (Å²) in [6.45, 7) is 3.68. The molecule has 1 aromatic heterocycles. The van der Waals surface area contributed by atoms with Gasteiger partial charge in [0.2, 0.25) is 0 Å². The summed E-state index contributed by atoms with van der Waals surface area (Å²) in [6.07, 6.45) is 3.00. The lowest BCUT2D eigenvalue weighted by atomic mass is 10.1. The SMILES string of the molecule is CCc1nn(C)cc1CNCc1ccc(C(=O)NC)cc1. The van der Waals surface area contributed by atoms with Crippen LogP contribution in [-0.4, -0.2) is 22.7 Å². The van der Waals surface area contributed by atoms with Gasteiger partial charge in [0.15, 0.2) is 0 Å². The van der Waals surface area contributed by atoms with E-state index >= 15 is 0 Å². The van der Waals surface area contributed by atoms with Crippen molar-refractivity contribution in [3.8, 4) is 0 Å². The number of carbonyl (C=O) groups is 1. The van der Waals surface area contributed by atoms with Gasteiger partial charge in [-0.25, -0.2) is 0 Å². The first kappa shape index (κ1) is 15.3. The molecule has 0 fully saturated rings. The number of benzene rings is 1. The van der Waals surface area contributed by atoms with Crippen LogP contribution in [0.25, 0.3) is 0 Å². The van der Waals surface area contributed by atoms with Gasteiger partial charge < -0.3 is 10.6 Å². The maximum absolute atomic E-state index is 11.5. The summed E-state index contributed by atoms with van der Waals surface area (Å²) in [4.78, 5) is 11.5. The van der Waals surface area contributed by atoms with E-state index in [1.165, 1.54) is 5.56 Å². The number of hydrogen-bond acceptors (Lipinski definition) is 3. The zero-order valence-electron chi connectivity index (χ0n) is 12.8. The van der Waals surface area contributed by atoms with Crippen molar-refractivity contribution >= 4 is 5.91 Å². The van der Waals surface area contributed by atoms with Crippen LogP contribution in [0.2, 0.25) is 0 Å². The molecule has 1 amide bonds. The fourth-order valence-electron chi connectivity index (χ4n) is 2.29. The maximum atomic E-state index is 11.5. The fourth-order valence-corrected chi connectivity index (χ4v) is 2.29. The van der Waals surface area contributed by atoms with Crippen LogP contribution in [0.1, 0.15) is 34.1 Å². The molecule has 0 saturated heterocycles. The molecule has 0 bridgehead atoms. The first-order valence-electron chi connectivity index (χ1n) is 7.17. The zero-order chi connectivity index (χ0) is 15.2. The van der Waals surface area contributed by atoms with Crippen LogP contribution >= 0.6 is 0 Å². The van der Waals surface area contributed by atoms with Gasteiger partial charge in [-0.05, 0) is 24.1 Å². The van der Waals surface area contributed by atoms with E-state index in [0.717, 1.165) is 30.8 Å². The van der Waals surface area contributed by atoms with Gasteiger partial charge in [-0.15, -0.1) is 0 Å². The van der Waals surface area contributed by atoms with Crippen LogP contribution in [-0.2, 0) is 26.6 Å². The zero-order valence-corrected chi connectivity index (χ0v) is 12.8. The summed E-state index contributed by atoms with van der Waals surface area (Å²) >= 11 is 0. The predicted molar refractivity (Wildman–Crippen MR) is 83.0 cm³/mol. The maximum Gasteiger partial charge on any atom is 0.251 e. The molecule has 0 saturated carbocycles. The van der Waals surface area contributed by atoms with Gasteiger partial charge in [-0.1, -0.05) is 19.1 Å². The van der Waals surface area contributed by atoms with Crippen molar-refractivity contribution < 1.29 is 4.79 Å². The third-order valence-electron chi connectivity index (χ3n) is 3.41. The van der Waals surface area contributed by atoms with Gasteiger partial charge >= 0.3 is 0 Å². The molecule has 1 heterocycles. The smallest absolute Gasteiger partial charge is 0.251 e. The first-order chi connectivity index (χ1) is 10.1. The quantitative estimate of drug-likeness (QED) is 0.848. The highest BCUT2D eigenvalue weighted by Crippen LogP contribution is 2.08. The summed E-state index contributed by atoms with van der Waals surface area (Å²) in [5, 5.41) is 10.5. The van der Waals surface area contributed by atoms with Crippen molar-refractivity contribution in [1.82, 2.24) is 20.4 Å². The molecule has 0 atom stereocenters. The number of rotatable bonds is 6. The molecule has 0 aliphatic rings. The Kier molecular flexibility index (Phi) is 5.11. The molecule has 0 aliphatic carbocycles. The van der Waals surface area contributed by atoms with Crippen molar-refractivity contribution in [2.24, 2.45) is 7.05 Å². The summed E-state index contributed by atoms with van der Waals surface area (Å²) in [5.74, 6) is -0.0579. The molecule has 0 radical (unpaired) electrons. The van der Waals surface area contributed by atoms with Crippen LogP contribution in [0, 0.1) is 0 Å². The van der Waals surface area contributed by atoms with E-state index in [-0.39, 0.29) is 5.91 Å². The number of carbonyl (C=O) groups excluding carboxylic acids is 1. The standard InChI is InChI=1S/C16H22N4O/c1-4-15-14(11-20(3)19-15)10-18-9-12-5-7-13(8-6-12)16(21)17-2/h5-8,11,18H,4,9-10H2,1-3H3,(H,17,21). The number of aromatic nitrogens is 2. The molecular formula is C16H22N4O. The average Bonchev–Trinajstić information content (AvgIpc) is 2.87. The molecule has 2 rings (SSSR count). The van der Waals surface area contributed by atoms with Crippen LogP contribution in [0.15, 0.2) is 30.5 Å². The molecule has 112 valence electrons. The first-order valence-corrected chi connectivity index (χ1v) is 7.17. The number of nitrogens with zero attached hydrogens (tertiary/aromatic N) is 2. The molecule has 0 aliphatic heterocycles. The Balaban J connectivity index is 1.90. The highest BCUT2D eigenvalue weighted by Gasteiger charge is 2.05. The van der Waals surface area contributed by atoms with E-state index in [0.29, 0.717) is 5.56 Å². The Morgan fingerprint density at radius 2 is 1.95 bits per heavy atom. The fraction of sp³-hybridized carbons (Fsp3) is 0.375. The highest BCUT2D eigenvalue weighted by atomic mass is 16.1. The lowest BCUT2D eigenvalue weighted by Gasteiger charge is -2.06. The number of nitrogens with one attached hydrogen (secondary N) is 2. The Hall–Kier alpha value is -2.14. The van der Waals surface area contributed by atoms with Gasteiger partial charge in [-0.2, -0.15) is 5.10 Å². The average molecular weight is 286 g/mol. The molecule has 2 N–H and O–H groups in total. The van der Waals surface area contributed by atoms with E-state index in [9.17, 15) is 4.79 Å². The summed E-state index contributed by atoms with van der Waals surface area (Å²) in [7, 11) is 3.58. The molecule has 0 spiro atoms. The van der Waals surface area contributed by atoms with Gasteiger partial charge in [0.05, 0.1) is 5.69 Å². The van der Waals surface area contributed by atoms with Crippen LogP contribution in [0.5, 0.6) is 0 Å². The number of aryl methyl sites for hydroxylation is 2. The lowest BCUT2D eigenvalue weighted by molar-refractivity contribution is 0.0963. The third-order valence-corrected chi connectivity index (χ3v) is 3.41. The van der Waals surface area contributed by atoms with Crippen molar-refractivity contribution in [3.05, 3.63) is 52.8 Å². The lowest BCUT2D eigenvalue weighted by Crippen LogP contribution is -2.18. The van der Waals surface area contributed by atoms with Crippen LogP contribution < -0.4 is 10.6 Å². The summed E-state index contributed by atoms with van der Waals surface area (Å²) < 4.78 is 1.86. The van der Waals surface area contributed by atoms with Crippen molar-refractivity contribution in [2.75, 3.05) is 7.05 Å². The van der Waals surface area contributed by atoms with Gasteiger partial charge in [0.1, 0.15) is 0 Å². The molecule has 0 unspecified atom stereocenters. The van der Waals surface area contributed by atoms with E-state index in [1.54, 1.807) is 7.05 Å². The largest absolute Gasteiger partial charge is 0.355 e. The highest BCUT2D eigenvalue weighted by molar-refractivity contribution is 5.93. The van der Waals surface area contributed by atoms with E-state index in [1.807, 2.05) is 36.0 Å². The molecule has 1 aromatic carbocycles. The second-order valence-corrected chi connectivity index (χ2v) is 5.01. The molecule has 21 heavy (non-hydrogen) atoms. The van der Waals surface area contributed by atoms with Gasteiger partial charge in [-0.3, -0.25) is 9.48 Å². The second-order valence-electron chi connectivity index (χ2n) is 5.01. The Morgan fingerprint density at radius 3 is 2.57 bits per heavy atom.